The standard InChI is InChI=1S/C15H26N2O/c1-4-8-16-9-10-17-12-14-6-5-7-15(11-14)18-13(2)3/h5-7,11,13,16-17H,4,8-10,12H2,1-3H3. The highest BCUT2D eigenvalue weighted by molar-refractivity contribution is 5.28. The van der Waals surface area contributed by atoms with Gasteiger partial charge in [-0.2, -0.15) is 0 Å². The molecule has 0 aromatic heterocycles. The average Bonchev–Trinajstić information content (AvgIpc) is 2.33. The van der Waals surface area contributed by atoms with Gasteiger partial charge < -0.3 is 15.4 Å². The van der Waals surface area contributed by atoms with Crippen LogP contribution in [0.1, 0.15) is 32.8 Å². The summed E-state index contributed by atoms with van der Waals surface area (Å²) in [4.78, 5) is 0. The zero-order chi connectivity index (χ0) is 13.2. The summed E-state index contributed by atoms with van der Waals surface area (Å²) in [6, 6.07) is 8.28. The fourth-order valence-electron chi connectivity index (χ4n) is 1.71. The van der Waals surface area contributed by atoms with Crippen LogP contribution < -0.4 is 15.4 Å². The molecule has 3 nitrogen and oxygen atoms in total. The summed E-state index contributed by atoms with van der Waals surface area (Å²) >= 11 is 0. The number of hydrogen-bond acceptors (Lipinski definition) is 3. The quantitative estimate of drug-likeness (QED) is 0.661. The van der Waals surface area contributed by atoms with E-state index in [-0.39, 0.29) is 6.10 Å². The van der Waals surface area contributed by atoms with Gasteiger partial charge in [0, 0.05) is 19.6 Å². The number of ether oxygens (including phenoxy) is 1. The monoisotopic (exact) mass is 250 g/mol. The Hall–Kier alpha value is -1.06. The van der Waals surface area contributed by atoms with E-state index >= 15 is 0 Å². The molecule has 0 bridgehead atoms. The average molecular weight is 250 g/mol. The minimum atomic E-state index is 0.228. The van der Waals surface area contributed by atoms with E-state index in [2.05, 4.69) is 29.7 Å². The molecular weight excluding hydrogens is 224 g/mol. The number of rotatable bonds is 9. The maximum absolute atomic E-state index is 5.67. The van der Waals surface area contributed by atoms with Gasteiger partial charge in [-0.3, -0.25) is 0 Å². The van der Waals surface area contributed by atoms with Gasteiger partial charge in [0.2, 0.25) is 0 Å². The third-order valence-electron chi connectivity index (χ3n) is 2.50. The van der Waals surface area contributed by atoms with Crippen molar-refractivity contribution in [2.45, 2.75) is 39.8 Å². The molecule has 0 aliphatic carbocycles. The first-order valence-electron chi connectivity index (χ1n) is 6.89. The van der Waals surface area contributed by atoms with E-state index < -0.39 is 0 Å². The van der Waals surface area contributed by atoms with Crippen molar-refractivity contribution in [3.63, 3.8) is 0 Å². The second kappa shape index (κ2) is 8.95. The SMILES string of the molecule is CCCNCCNCc1cccc(OC(C)C)c1. The van der Waals surface area contributed by atoms with Crippen LogP contribution in [0.15, 0.2) is 24.3 Å². The molecule has 3 heteroatoms. The molecule has 0 amide bonds. The molecule has 0 saturated carbocycles. The van der Waals surface area contributed by atoms with Gasteiger partial charge >= 0.3 is 0 Å². The van der Waals surface area contributed by atoms with E-state index in [4.69, 9.17) is 4.74 Å². The third kappa shape index (κ3) is 6.62. The smallest absolute Gasteiger partial charge is 0.120 e. The zero-order valence-corrected chi connectivity index (χ0v) is 11.8. The summed E-state index contributed by atoms with van der Waals surface area (Å²) in [6.07, 6.45) is 1.42. The molecule has 0 aliphatic heterocycles. The molecular formula is C15H26N2O. The molecule has 1 aromatic rings. The Morgan fingerprint density at radius 1 is 1.11 bits per heavy atom. The van der Waals surface area contributed by atoms with Gasteiger partial charge in [0.05, 0.1) is 6.10 Å². The van der Waals surface area contributed by atoms with Crippen molar-refractivity contribution >= 4 is 0 Å². The van der Waals surface area contributed by atoms with E-state index in [9.17, 15) is 0 Å². The van der Waals surface area contributed by atoms with Crippen molar-refractivity contribution in [2.24, 2.45) is 0 Å². The molecule has 0 atom stereocenters. The minimum Gasteiger partial charge on any atom is -0.491 e. The van der Waals surface area contributed by atoms with Gasteiger partial charge in [0.15, 0.2) is 0 Å². The molecule has 0 spiro atoms. The van der Waals surface area contributed by atoms with Crippen molar-refractivity contribution in [1.82, 2.24) is 10.6 Å². The molecule has 0 radical (unpaired) electrons. The Morgan fingerprint density at radius 2 is 1.89 bits per heavy atom. The molecule has 0 fully saturated rings. The molecule has 0 saturated heterocycles. The van der Waals surface area contributed by atoms with Crippen molar-refractivity contribution in [3.8, 4) is 5.75 Å². The Kier molecular flexibility index (Phi) is 7.46. The van der Waals surface area contributed by atoms with E-state index in [0.29, 0.717) is 0 Å². The highest BCUT2D eigenvalue weighted by atomic mass is 16.5. The molecule has 2 N–H and O–H groups in total. The number of nitrogens with one attached hydrogen (secondary N) is 2. The summed E-state index contributed by atoms with van der Waals surface area (Å²) in [7, 11) is 0. The van der Waals surface area contributed by atoms with Crippen LogP contribution >= 0.6 is 0 Å². The Bertz CT molecular complexity index is 326. The summed E-state index contributed by atoms with van der Waals surface area (Å²) in [5, 5.41) is 6.79. The van der Waals surface area contributed by atoms with Crippen LogP contribution in [0.3, 0.4) is 0 Å². The van der Waals surface area contributed by atoms with Gasteiger partial charge in [-0.1, -0.05) is 19.1 Å². The van der Waals surface area contributed by atoms with Crippen LogP contribution in [-0.4, -0.2) is 25.7 Å². The van der Waals surface area contributed by atoms with E-state index in [1.807, 2.05) is 26.0 Å². The van der Waals surface area contributed by atoms with E-state index in [1.54, 1.807) is 0 Å². The molecule has 0 unspecified atom stereocenters. The van der Waals surface area contributed by atoms with Gasteiger partial charge in [0.25, 0.3) is 0 Å². The van der Waals surface area contributed by atoms with E-state index in [0.717, 1.165) is 31.9 Å². The molecule has 0 aliphatic rings. The topological polar surface area (TPSA) is 33.3 Å². The first-order valence-corrected chi connectivity index (χ1v) is 6.89. The summed E-state index contributed by atoms with van der Waals surface area (Å²) < 4.78 is 5.67. The predicted molar refractivity (Wildman–Crippen MR) is 77.1 cm³/mol. The maximum Gasteiger partial charge on any atom is 0.120 e. The number of hydrogen-bond donors (Lipinski definition) is 2. The zero-order valence-electron chi connectivity index (χ0n) is 11.8. The molecule has 102 valence electrons. The maximum atomic E-state index is 5.67. The first kappa shape index (κ1) is 15.0. The normalized spacial score (nSPS) is 10.9. The van der Waals surface area contributed by atoms with Crippen LogP contribution in [0.2, 0.25) is 0 Å². The van der Waals surface area contributed by atoms with Crippen molar-refractivity contribution in [3.05, 3.63) is 29.8 Å². The Balaban J connectivity index is 2.25. The first-order chi connectivity index (χ1) is 8.72. The van der Waals surface area contributed by atoms with Crippen molar-refractivity contribution in [1.29, 1.82) is 0 Å². The Labute approximate surface area is 111 Å². The predicted octanol–water partition coefficient (Wildman–Crippen LogP) is 2.56. The summed E-state index contributed by atoms with van der Waals surface area (Å²) in [5.41, 5.74) is 1.27. The Morgan fingerprint density at radius 3 is 2.61 bits per heavy atom. The van der Waals surface area contributed by atoms with Crippen LogP contribution in [-0.2, 0) is 6.54 Å². The van der Waals surface area contributed by atoms with Crippen molar-refractivity contribution in [2.75, 3.05) is 19.6 Å². The van der Waals surface area contributed by atoms with Gasteiger partial charge in [-0.05, 0) is 44.5 Å². The lowest BCUT2D eigenvalue weighted by atomic mass is 10.2. The fraction of sp³-hybridized carbons (Fsp3) is 0.600. The van der Waals surface area contributed by atoms with Crippen LogP contribution in [0, 0.1) is 0 Å². The largest absolute Gasteiger partial charge is 0.491 e. The van der Waals surface area contributed by atoms with Crippen LogP contribution in [0.5, 0.6) is 5.75 Å². The summed E-state index contributed by atoms with van der Waals surface area (Å²) in [5.74, 6) is 0.952. The third-order valence-corrected chi connectivity index (χ3v) is 2.50. The second-order valence-electron chi connectivity index (χ2n) is 4.74. The number of benzene rings is 1. The fourth-order valence-corrected chi connectivity index (χ4v) is 1.71. The molecule has 1 aromatic carbocycles. The molecule has 0 heterocycles. The molecule has 18 heavy (non-hydrogen) atoms. The van der Waals surface area contributed by atoms with Gasteiger partial charge in [0.1, 0.15) is 5.75 Å². The van der Waals surface area contributed by atoms with Crippen LogP contribution in [0.4, 0.5) is 0 Å². The highest BCUT2D eigenvalue weighted by Crippen LogP contribution is 2.14. The van der Waals surface area contributed by atoms with Gasteiger partial charge in [-0.25, -0.2) is 0 Å². The lowest BCUT2D eigenvalue weighted by molar-refractivity contribution is 0.242. The lowest BCUT2D eigenvalue weighted by Crippen LogP contribution is -2.27. The highest BCUT2D eigenvalue weighted by Gasteiger charge is 1.99. The lowest BCUT2D eigenvalue weighted by Gasteiger charge is -2.11. The van der Waals surface area contributed by atoms with Crippen molar-refractivity contribution < 1.29 is 4.74 Å². The van der Waals surface area contributed by atoms with Crippen LogP contribution in [0.25, 0.3) is 0 Å². The summed E-state index contributed by atoms with van der Waals surface area (Å²) in [6.45, 7) is 10.3. The minimum absolute atomic E-state index is 0.228. The van der Waals surface area contributed by atoms with Gasteiger partial charge in [-0.15, -0.1) is 0 Å². The second-order valence-corrected chi connectivity index (χ2v) is 4.74. The molecule has 1 rings (SSSR count). The van der Waals surface area contributed by atoms with E-state index in [1.165, 1.54) is 12.0 Å².